The van der Waals surface area contributed by atoms with Gasteiger partial charge in [0.2, 0.25) is 17.6 Å². The molecule has 0 aromatic heterocycles. The van der Waals surface area contributed by atoms with Gasteiger partial charge >= 0.3 is 0 Å². The minimum atomic E-state index is -1.03. The van der Waals surface area contributed by atoms with Crippen LogP contribution in [0.25, 0.3) is 0 Å². The van der Waals surface area contributed by atoms with Gasteiger partial charge in [0.25, 0.3) is 5.91 Å². The molecule has 30 heavy (non-hydrogen) atoms. The summed E-state index contributed by atoms with van der Waals surface area (Å²) < 4.78 is 0. The summed E-state index contributed by atoms with van der Waals surface area (Å²) in [4.78, 5) is 59.1. The topological polar surface area (TPSA) is 147 Å². The molecule has 0 heterocycles. The van der Waals surface area contributed by atoms with Crippen molar-refractivity contribution in [2.45, 2.75) is 51.7 Å². The molecule has 164 valence electrons. The van der Waals surface area contributed by atoms with Crippen LogP contribution in [0.1, 0.15) is 32.8 Å². The van der Waals surface area contributed by atoms with E-state index < -0.39 is 48.2 Å². The SMILES string of the molecule is CC(C)C[C@@H](C=O)NC(=O)[C@H](C)NC(=O)CNC(=O)C(=O)[C@@H](N)Cc1ccccc1. The van der Waals surface area contributed by atoms with Gasteiger partial charge in [-0.3, -0.25) is 19.2 Å². The van der Waals surface area contributed by atoms with E-state index in [0.717, 1.165) is 5.56 Å². The van der Waals surface area contributed by atoms with Gasteiger partial charge in [-0.15, -0.1) is 0 Å². The number of carbonyl (C=O) groups excluding carboxylic acids is 5. The number of rotatable bonds is 12. The summed E-state index contributed by atoms with van der Waals surface area (Å²) in [6, 6.07) is 6.43. The number of ketones is 1. The van der Waals surface area contributed by atoms with E-state index in [9.17, 15) is 24.0 Å². The summed E-state index contributed by atoms with van der Waals surface area (Å²) in [5, 5.41) is 7.15. The Labute approximate surface area is 176 Å². The van der Waals surface area contributed by atoms with E-state index in [1.165, 1.54) is 6.92 Å². The molecule has 9 heteroatoms. The fourth-order valence-corrected chi connectivity index (χ4v) is 2.70. The number of Topliss-reactive ketones (excluding diaryl/α,β-unsaturated/α-hetero) is 1. The standard InChI is InChI=1S/C21H30N4O5/c1-13(2)9-16(12-26)25-20(29)14(3)24-18(27)11-23-21(30)19(28)17(22)10-15-7-5-4-6-8-15/h4-8,12-14,16-17H,9-11,22H2,1-3H3,(H,23,30)(H,24,27)(H,25,29)/t14-,16-,17-/m0/s1. The smallest absolute Gasteiger partial charge is 0.289 e. The third-order valence-corrected chi connectivity index (χ3v) is 4.26. The second-order valence-corrected chi connectivity index (χ2v) is 7.51. The number of benzene rings is 1. The zero-order valence-electron chi connectivity index (χ0n) is 17.5. The Balaban J connectivity index is 2.43. The molecule has 0 fully saturated rings. The van der Waals surface area contributed by atoms with Gasteiger partial charge in [0.15, 0.2) is 0 Å². The summed E-state index contributed by atoms with van der Waals surface area (Å²) in [5.41, 5.74) is 6.59. The van der Waals surface area contributed by atoms with Crippen molar-refractivity contribution in [3.05, 3.63) is 35.9 Å². The molecular formula is C21H30N4O5. The summed E-state index contributed by atoms with van der Waals surface area (Å²) in [6.07, 6.45) is 1.33. The number of amides is 3. The highest BCUT2D eigenvalue weighted by molar-refractivity contribution is 6.38. The van der Waals surface area contributed by atoms with Crippen LogP contribution in [0, 0.1) is 5.92 Å². The molecule has 1 aromatic carbocycles. The van der Waals surface area contributed by atoms with Crippen LogP contribution in [-0.2, 0) is 30.4 Å². The van der Waals surface area contributed by atoms with Gasteiger partial charge in [0, 0.05) is 0 Å². The fourth-order valence-electron chi connectivity index (χ4n) is 2.70. The largest absolute Gasteiger partial charge is 0.345 e. The quantitative estimate of drug-likeness (QED) is 0.265. The van der Waals surface area contributed by atoms with Crippen LogP contribution in [0.2, 0.25) is 0 Å². The summed E-state index contributed by atoms with van der Waals surface area (Å²) in [7, 11) is 0. The molecular weight excluding hydrogens is 388 g/mol. The Morgan fingerprint density at radius 1 is 1.03 bits per heavy atom. The lowest BCUT2D eigenvalue weighted by Gasteiger charge is -2.19. The number of carbonyl (C=O) groups is 5. The Bertz CT molecular complexity index is 751. The monoisotopic (exact) mass is 418 g/mol. The molecule has 0 saturated heterocycles. The van der Waals surface area contributed by atoms with Crippen molar-refractivity contribution in [2.75, 3.05) is 6.54 Å². The van der Waals surface area contributed by atoms with E-state index >= 15 is 0 Å². The zero-order valence-corrected chi connectivity index (χ0v) is 17.5. The minimum Gasteiger partial charge on any atom is -0.345 e. The zero-order chi connectivity index (χ0) is 22.7. The highest BCUT2D eigenvalue weighted by Gasteiger charge is 2.24. The van der Waals surface area contributed by atoms with Gasteiger partial charge in [-0.25, -0.2) is 0 Å². The minimum absolute atomic E-state index is 0.199. The normalized spacial score (nSPS) is 13.6. The van der Waals surface area contributed by atoms with Gasteiger partial charge in [-0.1, -0.05) is 44.2 Å². The van der Waals surface area contributed by atoms with Crippen molar-refractivity contribution in [1.29, 1.82) is 0 Å². The average molecular weight is 418 g/mol. The van der Waals surface area contributed by atoms with E-state index in [-0.39, 0.29) is 12.3 Å². The van der Waals surface area contributed by atoms with E-state index in [0.29, 0.717) is 12.7 Å². The molecule has 0 aliphatic rings. The molecule has 0 unspecified atom stereocenters. The molecule has 0 bridgehead atoms. The number of nitrogens with one attached hydrogen (secondary N) is 3. The first-order valence-corrected chi connectivity index (χ1v) is 9.80. The van der Waals surface area contributed by atoms with Crippen LogP contribution in [0.5, 0.6) is 0 Å². The number of nitrogens with two attached hydrogens (primary N) is 1. The Morgan fingerprint density at radius 2 is 1.67 bits per heavy atom. The maximum atomic E-state index is 12.1. The van der Waals surface area contributed by atoms with Crippen LogP contribution in [0.15, 0.2) is 30.3 Å². The van der Waals surface area contributed by atoms with Gasteiger partial charge in [0.05, 0.1) is 18.6 Å². The summed E-state index contributed by atoms with van der Waals surface area (Å²) >= 11 is 0. The maximum Gasteiger partial charge on any atom is 0.289 e. The van der Waals surface area contributed by atoms with E-state index in [2.05, 4.69) is 16.0 Å². The third-order valence-electron chi connectivity index (χ3n) is 4.26. The highest BCUT2D eigenvalue weighted by Crippen LogP contribution is 2.03. The first-order valence-electron chi connectivity index (χ1n) is 9.80. The molecule has 1 aromatic rings. The second-order valence-electron chi connectivity index (χ2n) is 7.51. The van der Waals surface area contributed by atoms with Gasteiger partial charge in [-0.05, 0) is 31.2 Å². The van der Waals surface area contributed by atoms with Gasteiger partial charge in [0.1, 0.15) is 12.3 Å². The summed E-state index contributed by atoms with van der Waals surface area (Å²) in [5.74, 6) is -2.76. The Hall–Kier alpha value is -3.07. The van der Waals surface area contributed by atoms with Crippen molar-refractivity contribution in [2.24, 2.45) is 11.7 Å². The molecule has 0 radical (unpaired) electrons. The third kappa shape index (κ3) is 8.95. The molecule has 0 aliphatic heterocycles. The average Bonchev–Trinajstić information content (AvgIpc) is 2.71. The molecule has 3 amide bonds. The highest BCUT2D eigenvalue weighted by atomic mass is 16.2. The molecule has 0 saturated carbocycles. The van der Waals surface area contributed by atoms with Crippen molar-refractivity contribution < 1.29 is 24.0 Å². The predicted molar refractivity (Wildman–Crippen MR) is 111 cm³/mol. The van der Waals surface area contributed by atoms with Crippen LogP contribution in [0.3, 0.4) is 0 Å². The first-order chi connectivity index (χ1) is 14.1. The van der Waals surface area contributed by atoms with Crippen molar-refractivity contribution >= 4 is 29.8 Å². The lowest BCUT2D eigenvalue weighted by Crippen LogP contribution is -2.51. The Kier molecular flexibility index (Phi) is 10.4. The molecule has 9 nitrogen and oxygen atoms in total. The van der Waals surface area contributed by atoms with Crippen molar-refractivity contribution in [3.63, 3.8) is 0 Å². The van der Waals surface area contributed by atoms with Crippen molar-refractivity contribution in [1.82, 2.24) is 16.0 Å². The number of hydrogen-bond acceptors (Lipinski definition) is 6. The number of hydrogen-bond donors (Lipinski definition) is 4. The van der Waals surface area contributed by atoms with Crippen LogP contribution in [-0.4, -0.2) is 54.5 Å². The first kappa shape index (κ1) is 25.0. The maximum absolute atomic E-state index is 12.1. The lowest BCUT2D eigenvalue weighted by molar-refractivity contribution is -0.139. The Morgan fingerprint density at radius 3 is 2.23 bits per heavy atom. The molecule has 1 rings (SSSR count). The van der Waals surface area contributed by atoms with E-state index in [1.54, 1.807) is 24.3 Å². The number of aldehydes is 1. The fraction of sp³-hybridized carbons (Fsp3) is 0.476. The van der Waals surface area contributed by atoms with Crippen molar-refractivity contribution in [3.8, 4) is 0 Å². The molecule has 3 atom stereocenters. The lowest BCUT2D eigenvalue weighted by atomic mass is 10.0. The molecule has 0 spiro atoms. The summed E-state index contributed by atoms with van der Waals surface area (Å²) in [6.45, 7) is 4.81. The van der Waals surface area contributed by atoms with Crippen LogP contribution in [0.4, 0.5) is 0 Å². The van der Waals surface area contributed by atoms with E-state index in [4.69, 9.17) is 5.73 Å². The predicted octanol–water partition coefficient (Wildman–Crippen LogP) is -0.524. The van der Waals surface area contributed by atoms with Gasteiger partial charge < -0.3 is 26.5 Å². The second kappa shape index (κ2) is 12.5. The van der Waals surface area contributed by atoms with Gasteiger partial charge in [-0.2, -0.15) is 0 Å². The molecule has 0 aliphatic carbocycles. The van der Waals surface area contributed by atoms with E-state index in [1.807, 2.05) is 19.9 Å². The van der Waals surface area contributed by atoms with Crippen LogP contribution >= 0.6 is 0 Å². The van der Waals surface area contributed by atoms with Crippen LogP contribution < -0.4 is 21.7 Å². The molecule has 5 N–H and O–H groups in total.